The normalized spacial score (nSPS) is 11.7. The maximum absolute atomic E-state index is 12.5. The lowest BCUT2D eigenvalue weighted by molar-refractivity contribution is -0.139. The highest BCUT2D eigenvalue weighted by Gasteiger charge is 2.33. The van der Waals surface area contributed by atoms with Crippen LogP contribution in [-0.4, -0.2) is 89.4 Å². The number of hydrogen-bond donors (Lipinski definition) is 2. The van der Waals surface area contributed by atoms with Crippen LogP contribution in [0.15, 0.2) is 42.5 Å². The summed E-state index contributed by atoms with van der Waals surface area (Å²) in [5.74, 6) is 1.37. The van der Waals surface area contributed by atoms with Crippen molar-refractivity contribution < 1.29 is 23.9 Å². The monoisotopic (exact) mass is 633 g/mol. The number of thiol groups is 1. The average Bonchev–Trinajstić information content (AvgIpc) is 3.03. The number of aldehydes is 1. The van der Waals surface area contributed by atoms with Gasteiger partial charge in [0.15, 0.2) is 0 Å². The number of methoxy groups -OCH3 is 2. The third-order valence-corrected chi connectivity index (χ3v) is 7.32. The van der Waals surface area contributed by atoms with Gasteiger partial charge in [0.1, 0.15) is 18.8 Å². The van der Waals surface area contributed by atoms with E-state index in [1.54, 1.807) is 7.11 Å². The Morgan fingerprint density at radius 2 is 1.59 bits per heavy atom. The summed E-state index contributed by atoms with van der Waals surface area (Å²) in [6.07, 6.45) is 4.22. The van der Waals surface area contributed by atoms with Gasteiger partial charge in [-0.25, -0.2) is 0 Å². The van der Waals surface area contributed by atoms with Crippen LogP contribution in [0.3, 0.4) is 0 Å². The molecule has 0 fully saturated rings. The van der Waals surface area contributed by atoms with Crippen LogP contribution in [0.1, 0.15) is 62.8 Å². The van der Waals surface area contributed by atoms with Crippen molar-refractivity contribution in [2.24, 2.45) is 5.92 Å². The van der Waals surface area contributed by atoms with Gasteiger partial charge in [-0.1, -0.05) is 70.8 Å². The number of nitrogens with one attached hydrogen (secondary N) is 1. The highest BCUT2D eigenvalue weighted by molar-refractivity contribution is 7.78. The molecule has 0 bridgehead atoms. The number of nitrogens with zero attached hydrogens (tertiary/aromatic N) is 2. The van der Waals surface area contributed by atoms with Gasteiger partial charge in [0.2, 0.25) is 0 Å². The second kappa shape index (κ2) is 25.6. The first-order valence-corrected chi connectivity index (χ1v) is 15.7. The van der Waals surface area contributed by atoms with E-state index >= 15 is 0 Å². The number of aryl methyl sites for hydroxylation is 2. The molecule has 0 spiro atoms. The van der Waals surface area contributed by atoms with E-state index in [0.717, 1.165) is 54.0 Å². The molecule has 2 aromatic rings. The van der Waals surface area contributed by atoms with E-state index in [-0.39, 0.29) is 12.4 Å². The smallest absolute Gasteiger partial charge is 0.309 e. The molecule has 0 aliphatic heterocycles. The molecule has 44 heavy (non-hydrogen) atoms. The van der Waals surface area contributed by atoms with E-state index in [2.05, 4.69) is 80.4 Å². The Morgan fingerprint density at radius 1 is 1.00 bits per heavy atom. The molecular formula is C35H59N3O5S. The fourth-order valence-corrected chi connectivity index (χ4v) is 4.83. The van der Waals surface area contributed by atoms with Crippen LogP contribution in [0.25, 0.3) is 0 Å². The number of rotatable bonds is 16. The molecule has 0 saturated heterocycles. The molecule has 1 N–H and O–H groups in total. The SMILES string of the molecule is C=O.CC.CC(C)CN(C)C.COC(=O)Cc1ccc(C)c(CCC(C=O)(CCNS)N(C)CCc2ccc(OC)cc2)c1. The summed E-state index contributed by atoms with van der Waals surface area (Å²) in [5, 5.41) is 0. The zero-order valence-corrected chi connectivity index (χ0v) is 29.8. The minimum Gasteiger partial charge on any atom is -0.497 e. The lowest BCUT2D eigenvalue weighted by Crippen LogP contribution is -2.50. The van der Waals surface area contributed by atoms with Gasteiger partial charge in [-0.05, 0) is 101 Å². The van der Waals surface area contributed by atoms with Crippen molar-refractivity contribution in [3.05, 3.63) is 64.7 Å². The molecule has 0 saturated carbocycles. The zero-order chi connectivity index (χ0) is 34.1. The summed E-state index contributed by atoms with van der Waals surface area (Å²) in [6.45, 7) is 15.1. The number of benzene rings is 2. The molecule has 8 nitrogen and oxygen atoms in total. The molecular weight excluding hydrogens is 574 g/mol. The first-order valence-electron chi connectivity index (χ1n) is 15.3. The minimum atomic E-state index is -0.618. The van der Waals surface area contributed by atoms with Crippen molar-refractivity contribution in [2.75, 3.05) is 55.0 Å². The van der Waals surface area contributed by atoms with E-state index in [0.29, 0.717) is 19.4 Å². The molecule has 0 radical (unpaired) electrons. The predicted molar refractivity (Wildman–Crippen MR) is 187 cm³/mol. The summed E-state index contributed by atoms with van der Waals surface area (Å²) in [5.41, 5.74) is 3.79. The Morgan fingerprint density at radius 3 is 2.05 bits per heavy atom. The molecule has 1 unspecified atom stereocenters. The highest BCUT2D eigenvalue weighted by atomic mass is 32.1. The van der Waals surface area contributed by atoms with Gasteiger partial charge in [-0.15, -0.1) is 0 Å². The van der Waals surface area contributed by atoms with Crippen molar-refractivity contribution in [1.29, 1.82) is 0 Å². The number of esters is 1. The Bertz CT molecular complexity index is 1030. The maximum atomic E-state index is 12.5. The number of ether oxygens (including phenoxy) is 2. The van der Waals surface area contributed by atoms with Gasteiger partial charge in [0.05, 0.1) is 26.2 Å². The standard InChI is InChI=1S/C26H36N2O4S.C6H15N.C2H6.CH2O/c1-20-5-6-22(18-25(30)32-4)17-23(20)11-13-26(19-29,14-15-27-33)28(2)16-12-21-7-9-24(31-3)10-8-21;1-6(2)5-7(3)4;2*1-2/h5-10,17,19,27,33H,11-16,18H2,1-4H3;6H,5H2,1-4H3;1-2H3;1H2. The van der Waals surface area contributed by atoms with Crippen molar-refractivity contribution in [3.8, 4) is 5.75 Å². The van der Waals surface area contributed by atoms with Gasteiger partial charge < -0.3 is 24.0 Å². The molecule has 2 rings (SSSR count). The zero-order valence-electron chi connectivity index (χ0n) is 28.9. The average molecular weight is 634 g/mol. The van der Waals surface area contributed by atoms with Gasteiger partial charge >= 0.3 is 5.97 Å². The van der Waals surface area contributed by atoms with Gasteiger partial charge in [-0.3, -0.25) is 14.4 Å². The van der Waals surface area contributed by atoms with Gasteiger partial charge in [0.25, 0.3) is 0 Å². The fraction of sp³-hybridized carbons (Fsp3) is 0.571. The topological polar surface area (TPSA) is 88.2 Å². The Balaban J connectivity index is 0. The first-order chi connectivity index (χ1) is 21.0. The molecule has 0 aliphatic rings. The third-order valence-electron chi connectivity index (χ3n) is 7.09. The van der Waals surface area contributed by atoms with Crippen molar-refractivity contribution in [1.82, 2.24) is 14.5 Å². The summed E-state index contributed by atoms with van der Waals surface area (Å²) < 4.78 is 12.9. The predicted octanol–water partition coefficient (Wildman–Crippen LogP) is 5.63. The van der Waals surface area contributed by atoms with Crippen LogP contribution in [0.2, 0.25) is 0 Å². The van der Waals surface area contributed by atoms with Crippen LogP contribution in [0.4, 0.5) is 0 Å². The van der Waals surface area contributed by atoms with E-state index in [1.165, 1.54) is 19.2 Å². The lowest BCUT2D eigenvalue weighted by atomic mass is 9.86. The van der Waals surface area contributed by atoms with Crippen molar-refractivity contribution in [2.45, 2.75) is 72.3 Å². The minimum absolute atomic E-state index is 0.244. The fourth-order valence-electron chi connectivity index (χ4n) is 4.72. The number of carbonyl (C=O) groups is 3. The maximum Gasteiger partial charge on any atom is 0.309 e. The molecule has 0 aromatic heterocycles. The molecule has 250 valence electrons. The quantitative estimate of drug-likeness (QED) is 0.140. The lowest BCUT2D eigenvalue weighted by Gasteiger charge is -2.38. The summed E-state index contributed by atoms with van der Waals surface area (Å²) in [4.78, 5) is 36.5. The number of likely N-dealkylation sites (N-methyl/N-ethyl adjacent to an activating group) is 1. The summed E-state index contributed by atoms with van der Waals surface area (Å²) >= 11 is 4.14. The van der Waals surface area contributed by atoms with Crippen molar-refractivity contribution >= 4 is 31.9 Å². The van der Waals surface area contributed by atoms with Crippen LogP contribution in [0.5, 0.6) is 5.75 Å². The van der Waals surface area contributed by atoms with Crippen LogP contribution in [-0.2, 0) is 38.4 Å². The largest absolute Gasteiger partial charge is 0.497 e. The van der Waals surface area contributed by atoms with Crippen molar-refractivity contribution in [3.63, 3.8) is 0 Å². The third kappa shape index (κ3) is 17.5. The van der Waals surface area contributed by atoms with E-state index in [1.807, 2.05) is 51.9 Å². The van der Waals surface area contributed by atoms with Gasteiger partial charge in [0, 0.05) is 13.1 Å². The Labute approximate surface area is 273 Å². The number of hydrogen-bond acceptors (Lipinski definition) is 9. The summed E-state index contributed by atoms with van der Waals surface area (Å²) in [6, 6.07) is 14.1. The molecule has 0 heterocycles. The van der Waals surface area contributed by atoms with E-state index in [9.17, 15) is 9.59 Å². The second-order valence-electron chi connectivity index (χ2n) is 11.1. The first kappa shape index (κ1) is 43.4. The van der Waals surface area contributed by atoms with E-state index in [4.69, 9.17) is 14.3 Å². The number of carbonyl (C=O) groups excluding carboxylic acids is 3. The van der Waals surface area contributed by atoms with Crippen LogP contribution >= 0.6 is 12.8 Å². The molecule has 2 aromatic carbocycles. The van der Waals surface area contributed by atoms with Gasteiger partial charge in [-0.2, -0.15) is 0 Å². The highest BCUT2D eigenvalue weighted by Crippen LogP contribution is 2.25. The molecule has 1 atom stereocenters. The summed E-state index contributed by atoms with van der Waals surface area (Å²) in [7, 11) is 9.26. The van der Waals surface area contributed by atoms with Crippen LogP contribution < -0.4 is 9.46 Å². The van der Waals surface area contributed by atoms with Crippen LogP contribution in [0, 0.1) is 12.8 Å². The Hall–Kier alpha value is -2.72. The Kier molecular flexibility index (Phi) is 25.2. The molecule has 0 amide bonds. The van der Waals surface area contributed by atoms with E-state index < -0.39 is 5.54 Å². The molecule has 0 aliphatic carbocycles. The second-order valence-corrected chi connectivity index (χ2v) is 11.4. The molecule has 9 heteroatoms.